The summed E-state index contributed by atoms with van der Waals surface area (Å²) in [6.07, 6.45) is 0.728. The Kier molecular flexibility index (Phi) is 9.90. The summed E-state index contributed by atoms with van der Waals surface area (Å²) in [5, 5.41) is 34.8. The predicted octanol–water partition coefficient (Wildman–Crippen LogP) is -0.389. The van der Waals surface area contributed by atoms with E-state index in [-0.39, 0.29) is 22.5 Å². The number of nitro benzene ring substituents is 1. The molecule has 15 nitrogen and oxygen atoms in total. The number of non-ortho nitro benzene ring substituents is 1. The number of nitrogens with zero attached hydrogens (tertiary/aromatic N) is 6. The van der Waals surface area contributed by atoms with Gasteiger partial charge in [0.1, 0.15) is 23.2 Å². The minimum Gasteiger partial charge on any atom is -0.492 e. The lowest BCUT2D eigenvalue weighted by atomic mass is 10.2. The number of piperazine rings is 1. The highest BCUT2D eigenvalue weighted by Crippen LogP contribution is 2.23. The van der Waals surface area contributed by atoms with Gasteiger partial charge in [0.05, 0.1) is 11.5 Å². The molecule has 0 radical (unpaired) electrons. The SMILES string of the molecule is Cn1c(N2CCN(CCCOc3ccc([N+](=O)[O-])cc3C#N)CC2)cc(=O)n(C)c1=O.O=C(O)C(=O)O. The van der Waals surface area contributed by atoms with Crippen LogP contribution < -0.4 is 20.9 Å². The number of carboxylic acid groups (broad SMARTS) is 2. The summed E-state index contributed by atoms with van der Waals surface area (Å²) in [6, 6.07) is 7.39. The van der Waals surface area contributed by atoms with Gasteiger partial charge in [0.2, 0.25) is 0 Å². The highest BCUT2D eigenvalue weighted by Gasteiger charge is 2.20. The molecule has 1 aliphatic heterocycles. The van der Waals surface area contributed by atoms with Crippen LogP contribution in [0.5, 0.6) is 5.75 Å². The molecule has 0 amide bonds. The molecule has 1 aliphatic rings. The molecule has 0 unspecified atom stereocenters. The Morgan fingerprint density at radius 1 is 1.08 bits per heavy atom. The van der Waals surface area contributed by atoms with Crippen LogP contribution in [0.4, 0.5) is 11.5 Å². The Balaban J connectivity index is 0.000000717. The molecule has 3 rings (SSSR count). The third-order valence-corrected chi connectivity index (χ3v) is 5.55. The van der Waals surface area contributed by atoms with Gasteiger partial charge >= 0.3 is 17.6 Å². The summed E-state index contributed by atoms with van der Waals surface area (Å²) >= 11 is 0. The first kappa shape index (κ1) is 28.5. The molecule has 0 aliphatic carbocycles. The molecule has 2 N–H and O–H groups in total. The molecule has 1 saturated heterocycles. The van der Waals surface area contributed by atoms with E-state index in [2.05, 4.69) is 4.90 Å². The van der Waals surface area contributed by atoms with Crippen molar-refractivity contribution in [3.8, 4) is 11.8 Å². The van der Waals surface area contributed by atoms with Crippen molar-refractivity contribution in [2.45, 2.75) is 6.42 Å². The summed E-state index contributed by atoms with van der Waals surface area (Å²) < 4.78 is 8.21. The molecule has 1 aromatic carbocycles. The lowest BCUT2D eigenvalue weighted by Crippen LogP contribution is -2.49. The number of benzene rings is 1. The van der Waals surface area contributed by atoms with E-state index in [1.807, 2.05) is 11.0 Å². The minimum atomic E-state index is -1.82. The molecule has 37 heavy (non-hydrogen) atoms. The molecule has 2 aromatic rings. The molecule has 0 saturated carbocycles. The fourth-order valence-corrected chi connectivity index (χ4v) is 3.54. The first-order valence-corrected chi connectivity index (χ1v) is 11.0. The molecule has 15 heteroatoms. The van der Waals surface area contributed by atoms with Gasteiger partial charge in [0, 0.05) is 65.0 Å². The Morgan fingerprint density at radius 2 is 1.70 bits per heavy atom. The normalized spacial score (nSPS) is 13.2. The van der Waals surface area contributed by atoms with Crippen LogP contribution in [0.1, 0.15) is 12.0 Å². The lowest BCUT2D eigenvalue weighted by Gasteiger charge is -2.36. The molecule has 0 bridgehead atoms. The number of carboxylic acids is 2. The number of hydrogen-bond donors (Lipinski definition) is 2. The summed E-state index contributed by atoms with van der Waals surface area (Å²) in [7, 11) is 3.12. The van der Waals surface area contributed by atoms with Crippen LogP contribution in [-0.2, 0) is 23.7 Å². The van der Waals surface area contributed by atoms with Gasteiger partial charge in [-0.15, -0.1) is 0 Å². The summed E-state index contributed by atoms with van der Waals surface area (Å²) in [5.41, 5.74) is -0.663. The molecule has 1 fully saturated rings. The predicted molar refractivity (Wildman–Crippen MR) is 129 cm³/mol. The highest BCUT2D eigenvalue weighted by atomic mass is 16.6. The number of carbonyl (C=O) groups is 2. The minimum absolute atomic E-state index is 0.141. The van der Waals surface area contributed by atoms with Crippen molar-refractivity contribution < 1.29 is 29.5 Å². The van der Waals surface area contributed by atoms with E-state index < -0.39 is 16.9 Å². The van der Waals surface area contributed by atoms with Crippen molar-refractivity contribution in [1.29, 1.82) is 5.26 Å². The van der Waals surface area contributed by atoms with Crippen LogP contribution in [0.15, 0.2) is 33.9 Å². The average Bonchev–Trinajstić information content (AvgIpc) is 2.88. The highest BCUT2D eigenvalue weighted by molar-refractivity contribution is 6.27. The first-order valence-electron chi connectivity index (χ1n) is 11.0. The first-order chi connectivity index (χ1) is 17.5. The van der Waals surface area contributed by atoms with Crippen LogP contribution in [0.3, 0.4) is 0 Å². The summed E-state index contributed by atoms with van der Waals surface area (Å²) in [6.45, 7) is 4.13. The second-order valence-electron chi connectivity index (χ2n) is 7.93. The zero-order valence-corrected chi connectivity index (χ0v) is 20.2. The summed E-state index contributed by atoms with van der Waals surface area (Å²) in [5.74, 6) is -2.69. The molecule has 1 aromatic heterocycles. The fourth-order valence-electron chi connectivity index (χ4n) is 3.54. The number of rotatable bonds is 7. The molecule has 2 heterocycles. The van der Waals surface area contributed by atoms with Crippen LogP contribution in [0, 0.1) is 21.4 Å². The second kappa shape index (κ2) is 12.8. The Bertz CT molecular complexity index is 1310. The van der Waals surface area contributed by atoms with Gasteiger partial charge in [-0.1, -0.05) is 0 Å². The number of anilines is 1. The van der Waals surface area contributed by atoms with Crippen molar-refractivity contribution in [2.75, 3.05) is 44.2 Å². The van der Waals surface area contributed by atoms with Crippen LogP contribution in [0.25, 0.3) is 0 Å². The van der Waals surface area contributed by atoms with E-state index in [1.165, 1.54) is 35.9 Å². The third-order valence-electron chi connectivity index (χ3n) is 5.55. The number of aliphatic carboxylic acids is 2. The Hall–Kier alpha value is -4.71. The van der Waals surface area contributed by atoms with Gasteiger partial charge < -0.3 is 19.8 Å². The Labute approximate surface area is 210 Å². The van der Waals surface area contributed by atoms with Gasteiger partial charge in [-0.05, 0) is 12.5 Å². The zero-order valence-electron chi connectivity index (χ0n) is 20.2. The number of nitriles is 1. The topological polar surface area (TPSA) is 201 Å². The van der Waals surface area contributed by atoms with Crippen molar-refractivity contribution >= 4 is 23.4 Å². The average molecular weight is 518 g/mol. The maximum absolute atomic E-state index is 12.1. The van der Waals surface area contributed by atoms with Crippen LogP contribution in [0.2, 0.25) is 0 Å². The number of hydrogen-bond acceptors (Lipinski definition) is 10. The van der Waals surface area contributed by atoms with Gasteiger partial charge in [-0.3, -0.25) is 28.9 Å². The largest absolute Gasteiger partial charge is 0.492 e. The molecule has 0 spiro atoms. The van der Waals surface area contributed by atoms with Gasteiger partial charge in [-0.2, -0.15) is 5.26 Å². The van der Waals surface area contributed by atoms with Crippen molar-refractivity contribution in [1.82, 2.24) is 14.0 Å². The van der Waals surface area contributed by atoms with E-state index in [0.29, 0.717) is 31.3 Å². The van der Waals surface area contributed by atoms with E-state index in [0.717, 1.165) is 30.6 Å². The van der Waals surface area contributed by atoms with Crippen LogP contribution in [-0.4, -0.2) is 80.4 Å². The van der Waals surface area contributed by atoms with E-state index in [1.54, 1.807) is 7.05 Å². The lowest BCUT2D eigenvalue weighted by molar-refractivity contribution is -0.384. The zero-order chi connectivity index (χ0) is 27.7. The number of ether oxygens (including phenoxy) is 1. The van der Waals surface area contributed by atoms with Crippen LogP contribution >= 0.6 is 0 Å². The standard InChI is InChI=1S/C20H24N6O5.C2H2O4/c1-22-18(13-19(27)23(2)20(22)28)25-9-7-24(8-10-25)6-3-11-31-17-5-4-16(26(29)30)12-15(17)14-21;3-1(4)2(5)6/h4-5,12-13H,3,6-11H2,1-2H3;(H,3,4)(H,5,6). The fraction of sp³-hybridized carbons (Fsp3) is 0.409. The number of nitro groups is 1. The van der Waals surface area contributed by atoms with E-state index >= 15 is 0 Å². The van der Waals surface area contributed by atoms with Gasteiger partial charge in [0.15, 0.2) is 0 Å². The van der Waals surface area contributed by atoms with Crippen molar-refractivity contribution in [3.05, 3.63) is 60.8 Å². The smallest absolute Gasteiger partial charge is 0.414 e. The second-order valence-corrected chi connectivity index (χ2v) is 7.93. The van der Waals surface area contributed by atoms with Gasteiger partial charge in [-0.25, -0.2) is 14.4 Å². The number of aromatic nitrogens is 2. The molecular weight excluding hydrogens is 492 g/mol. The van der Waals surface area contributed by atoms with Crippen molar-refractivity contribution in [2.24, 2.45) is 14.1 Å². The van der Waals surface area contributed by atoms with E-state index in [4.69, 9.17) is 29.8 Å². The van der Waals surface area contributed by atoms with E-state index in [9.17, 15) is 19.7 Å². The third kappa shape index (κ3) is 7.64. The molecular formula is C22H26N6O9. The Morgan fingerprint density at radius 3 is 2.24 bits per heavy atom. The van der Waals surface area contributed by atoms with Crippen molar-refractivity contribution in [3.63, 3.8) is 0 Å². The monoisotopic (exact) mass is 518 g/mol. The summed E-state index contributed by atoms with van der Waals surface area (Å²) in [4.78, 5) is 56.8. The quantitative estimate of drug-likeness (QED) is 0.208. The maximum atomic E-state index is 12.1. The van der Waals surface area contributed by atoms with Gasteiger partial charge in [0.25, 0.3) is 11.2 Å². The molecule has 198 valence electrons. The molecule has 0 atom stereocenters. The maximum Gasteiger partial charge on any atom is 0.414 e.